The Morgan fingerprint density at radius 2 is 2.25 bits per heavy atom. The molecule has 1 aromatic carbocycles. The summed E-state index contributed by atoms with van der Waals surface area (Å²) >= 11 is 0. The Bertz CT molecular complexity index is 393. The van der Waals surface area contributed by atoms with Crippen LogP contribution in [-0.2, 0) is 0 Å². The number of hydrogen-bond acceptors (Lipinski definition) is 2. The maximum absolute atomic E-state index is 13.8. The topological polar surface area (TPSA) is 29.3 Å². The fourth-order valence-electron chi connectivity index (χ4n) is 1.54. The lowest BCUT2D eigenvalue weighted by molar-refractivity contribution is 0.616. The third-order valence-electron chi connectivity index (χ3n) is 2.50. The molecule has 1 unspecified atom stereocenters. The minimum Gasteiger partial charge on any atom is -0.358 e. The molecule has 3 heteroatoms. The van der Waals surface area contributed by atoms with Crippen LogP contribution in [0.5, 0.6) is 0 Å². The summed E-state index contributed by atoms with van der Waals surface area (Å²) in [5.41, 5.74) is 7.01. The number of benzene rings is 1. The maximum atomic E-state index is 13.8. The second-order valence-corrected chi connectivity index (χ2v) is 3.72. The zero-order chi connectivity index (χ0) is 12.1. The predicted molar refractivity (Wildman–Crippen MR) is 65.7 cm³/mol. The molecule has 0 saturated heterocycles. The van der Waals surface area contributed by atoms with Crippen LogP contribution in [0.25, 0.3) is 0 Å². The van der Waals surface area contributed by atoms with Gasteiger partial charge < -0.3 is 10.6 Å². The van der Waals surface area contributed by atoms with E-state index in [0.717, 1.165) is 5.56 Å². The average Bonchev–Trinajstić information content (AvgIpc) is 2.26. The Morgan fingerprint density at radius 1 is 1.56 bits per heavy atom. The summed E-state index contributed by atoms with van der Waals surface area (Å²) in [6.45, 7) is 4.85. The van der Waals surface area contributed by atoms with E-state index >= 15 is 0 Å². The Balaban J connectivity index is 3.02. The van der Waals surface area contributed by atoms with Gasteiger partial charge in [0, 0.05) is 12.6 Å². The molecule has 0 spiro atoms. The van der Waals surface area contributed by atoms with Gasteiger partial charge in [-0.25, -0.2) is 4.39 Å². The van der Waals surface area contributed by atoms with Crippen LogP contribution in [0.4, 0.5) is 10.1 Å². The Morgan fingerprint density at radius 3 is 2.69 bits per heavy atom. The quantitative estimate of drug-likeness (QED) is 0.789. The zero-order valence-corrected chi connectivity index (χ0v) is 9.70. The summed E-state index contributed by atoms with van der Waals surface area (Å²) in [6.07, 6.45) is 5.24. The molecule has 2 N–H and O–H groups in total. The van der Waals surface area contributed by atoms with Crippen molar-refractivity contribution in [3.63, 3.8) is 0 Å². The van der Waals surface area contributed by atoms with Gasteiger partial charge in [0.15, 0.2) is 0 Å². The number of hydrogen-bond donors (Lipinski definition) is 1. The average molecular weight is 220 g/mol. The van der Waals surface area contributed by atoms with Crippen molar-refractivity contribution in [2.45, 2.75) is 19.9 Å². The van der Waals surface area contributed by atoms with Crippen LogP contribution in [0.15, 0.2) is 18.2 Å². The van der Waals surface area contributed by atoms with Gasteiger partial charge in [-0.05, 0) is 31.5 Å². The first kappa shape index (κ1) is 12.5. The molecule has 0 bridgehead atoms. The molecule has 0 aromatic heterocycles. The highest BCUT2D eigenvalue weighted by Gasteiger charge is 2.10. The van der Waals surface area contributed by atoms with Crippen LogP contribution in [0, 0.1) is 18.2 Å². The van der Waals surface area contributed by atoms with E-state index in [4.69, 9.17) is 12.2 Å². The molecule has 0 fully saturated rings. The predicted octanol–water partition coefficient (Wildman–Crippen LogP) is 2.30. The van der Waals surface area contributed by atoms with Crippen LogP contribution in [0.2, 0.25) is 0 Å². The standard InChI is InChI=1S/C13H17FN2/c1-4-8-16(5-2)13-7-6-11(10(3)15)9-12(13)14/h1,6-7,9-10H,5,8,15H2,2-3H3. The van der Waals surface area contributed by atoms with Crippen LogP contribution in [0.1, 0.15) is 25.5 Å². The van der Waals surface area contributed by atoms with E-state index in [1.807, 2.05) is 19.9 Å². The van der Waals surface area contributed by atoms with E-state index < -0.39 is 0 Å². The van der Waals surface area contributed by atoms with E-state index in [1.165, 1.54) is 6.07 Å². The van der Waals surface area contributed by atoms with Gasteiger partial charge in [-0.15, -0.1) is 6.42 Å². The minimum atomic E-state index is -0.271. The van der Waals surface area contributed by atoms with Crippen LogP contribution in [-0.4, -0.2) is 13.1 Å². The molecule has 1 aromatic rings. The number of rotatable bonds is 4. The Labute approximate surface area is 96.3 Å². The molecule has 0 aliphatic heterocycles. The van der Waals surface area contributed by atoms with Crippen LogP contribution in [0.3, 0.4) is 0 Å². The van der Waals surface area contributed by atoms with Crippen molar-refractivity contribution < 1.29 is 4.39 Å². The summed E-state index contributed by atoms with van der Waals surface area (Å²) in [5.74, 6) is 2.24. The van der Waals surface area contributed by atoms with Crippen molar-refractivity contribution in [2.75, 3.05) is 18.0 Å². The van der Waals surface area contributed by atoms with Gasteiger partial charge in [0.2, 0.25) is 0 Å². The third kappa shape index (κ3) is 2.74. The molecule has 0 heterocycles. The van der Waals surface area contributed by atoms with Crippen molar-refractivity contribution in [3.05, 3.63) is 29.6 Å². The smallest absolute Gasteiger partial charge is 0.146 e. The summed E-state index contributed by atoms with van der Waals surface area (Å²) in [5, 5.41) is 0. The number of anilines is 1. The molecular weight excluding hydrogens is 203 g/mol. The lowest BCUT2D eigenvalue weighted by atomic mass is 10.1. The number of nitrogens with zero attached hydrogens (tertiary/aromatic N) is 1. The fourth-order valence-corrected chi connectivity index (χ4v) is 1.54. The molecule has 0 saturated carbocycles. The number of nitrogens with two attached hydrogens (primary N) is 1. The van der Waals surface area contributed by atoms with Crippen LogP contribution < -0.4 is 10.6 Å². The van der Waals surface area contributed by atoms with Gasteiger partial charge in [0.25, 0.3) is 0 Å². The van der Waals surface area contributed by atoms with E-state index in [9.17, 15) is 4.39 Å². The minimum absolute atomic E-state index is 0.161. The van der Waals surface area contributed by atoms with Crippen molar-refractivity contribution >= 4 is 5.69 Å². The first-order valence-corrected chi connectivity index (χ1v) is 5.33. The normalized spacial score (nSPS) is 11.9. The van der Waals surface area contributed by atoms with Gasteiger partial charge in [-0.3, -0.25) is 0 Å². The van der Waals surface area contributed by atoms with Crippen molar-refractivity contribution in [2.24, 2.45) is 5.73 Å². The summed E-state index contributed by atoms with van der Waals surface area (Å²) in [4.78, 5) is 1.81. The molecule has 86 valence electrons. The molecule has 2 nitrogen and oxygen atoms in total. The highest BCUT2D eigenvalue weighted by atomic mass is 19.1. The number of halogens is 1. The molecule has 0 amide bonds. The van der Waals surface area contributed by atoms with Crippen LogP contribution >= 0.6 is 0 Å². The fraction of sp³-hybridized carbons (Fsp3) is 0.385. The molecule has 16 heavy (non-hydrogen) atoms. The summed E-state index contributed by atoms with van der Waals surface area (Å²) < 4.78 is 13.8. The zero-order valence-electron chi connectivity index (χ0n) is 9.70. The second kappa shape index (κ2) is 5.53. The lowest BCUT2D eigenvalue weighted by Gasteiger charge is -2.21. The molecular formula is C13H17FN2. The largest absolute Gasteiger partial charge is 0.358 e. The van der Waals surface area contributed by atoms with Gasteiger partial charge >= 0.3 is 0 Å². The van der Waals surface area contributed by atoms with Gasteiger partial charge in [0.05, 0.1) is 12.2 Å². The van der Waals surface area contributed by atoms with E-state index in [-0.39, 0.29) is 11.9 Å². The lowest BCUT2D eigenvalue weighted by Crippen LogP contribution is -2.24. The number of terminal acetylenes is 1. The summed E-state index contributed by atoms with van der Waals surface area (Å²) in [7, 11) is 0. The second-order valence-electron chi connectivity index (χ2n) is 3.72. The van der Waals surface area contributed by atoms with Crippen molar-refractivity contribution in [1.82, 2.24) is 0 Å². The monoisotopic (exact) mass is 220 g/mol. The molecule has 0 radical (unpaired) electrons. The van der Waals surface area contributed by atoms with Crippen molar-refractivity contribution in [1.29, 1.82) is 0 Å². The Hall–Kier alpha value is -1.53. The van der Waals surface area contributed by atoms with E-state index in [1.54, 1.807) is 11.0 Å². The highest BCUT2D eigenvalue weighted by Crippen LogP contribution is 2.22. The maximum Gasteiger partial charge on any atom is 0.146 e. The van der Waals surface area contributed by atoms with Gasteiger partial charge in [-0.2, -0.15) is 0 Å². The van der Waals surface area contributed by atoms with E-state index in [0.29, 0.717) is 18.8 Å². The molecule has 1 atom stereocenters. The molecule has 0 aliphatic carbocycles. The van der Waals surface area contributed by atoms with Crippen molar-refractivity contribution in [3.8, 4) is 12.3 Å². The SMILES string of the molecule is C#CCN(CC)c1ccc(C(C)N)cc1F. The molecule has 1 rings (SSSR count). The first-order chi connectivity index (χ1) is 7.60. The van der Waals surface area contributed by atoms with Gasteiger partial charge in [-0.1, -0.05) is 12.0 Å². The Kier molecular flexibility index (Phi) is 4.33. The first-order valence-electron chi connectivity index (χ1n) is 5.33. The molecule has 0 aliphatic rings. The highest BCUT2D eigenvalue weighted by molar-refractivity contribution is 5.50. The summed E-state index contributed by atoms with van der Waals surface area (Å²) in [6, 6.07) is 4.88. The third-order valence-corrected chi connectivity index (χ3v) is 2.50. The van der Waals surface area contributed by atoms with E-state index in [2.05, 4.69) is 5.92 Å². The van der Waals surface area contributed by atoms with Gasteiger partial charge in [0.1, 0.15) is 5.82 Å².